The number of aromatic nitrogens is 2. The lowest BCUT2D eigenvalue weighted by atomic mass is 9.98. The first-order valence-corrected chi connectivity index (χ1v) is 13.6. The number of halogens is 1. The molecular formula is C29H37FN6O3. The van der Waals surface area contributed by atoms with Gasteiger partial charge in [0.15, 0.2) is 0 Å². The molecule has 1 amide bonds. The Morgan fingerprint density at radius 3 is 2.77 bits per heavy atom. The van der Waals surface area contributed by atoms with Crippen LogP contribution in [-0.4, -0.2) is 85.5 Å². The number of aliphatic hydroxyl groups excluding tert-OH is 1. The Labute approximate surface area is 228 Å². The van der Waals surface area contributed by atoms with Gasteiger partial charge in [0.05, 0.1) is 43.1 Å². The van der Waals surface area contributed by atoms with E-state index in [0.29, 0.717) is 30.8 Å². The number of amides is 1. The van der Waals surface area contributed by atoms with Gasteiger partial charge in [-0.15, -0.1) is 0 Å². The van der Waals surface area contributed by atoms with Crippen LogP contribution in [0.25, 0.3) is 11.0 Å². The van der Waals surface area contributed by atoms with E-state index in [-0.39, 0.29) is 30.4 Å². The largest absolute Gasteiger partial charge is 0.395 e. The van der Waals surface area contributed by atoms with E-state index in [0.717, 1.165) is 60.6 Å². The van der Waals surface area contributed by atoms with Crippen LogP contribution in [0, 0.1) is 5.82 Å². The van der Waals surface area contributed by atoms with Crippen molar-refractivity contribution in [2.24, 2.45) is 0 Å². The molecule has 2 N–H and O–H groups in total. The number of rotatable bonds is 8. The Bertz CT molecular complexity index is 1330. The van der Waals surface area contributed by atoms with Crippen LogP contribution in [-0.2, 0) is 11.3 Å². The summed E-state index contributed by atoms with van der Waals surface area (Å²) >= 11 is 0. The molecule has 0 radical (unpaired) electrons. The van der Waals surface area contributed by atoms with Crippen LogP contribution in [0.15, 0.2) is 36.5 Å². The first kappa shape index (κ1) is 27.2. The molecule has 2 aliphatic rings. The molecule has 1 aromatic heterocycles. The molecule has 0 saturated carbocycles. The third-order valence-electron chi connectivity index (χ3n) is 7.54. The minimum Gasteiger partial charge on any atom is -0.395 e. The summed E-state index contributed by atoms with van der Waals surface area (Å²) in [6.45, 7) is 5.96. The van der Waals surface area contributed by atoms with Crippen LogP contribution in [0.1, 0.15) is 47.3 Å². The molecule has 10 heteroatoms. The molecule has 2 aliphatic heterocycles. The van der Waals surface area contributed by atoms with E-state index >= 15 is 0 Å². The minimum atomic E-state index is -0.301. The number of carbonyl (C=O) groups excluding carboxylic acids is 1. The van der Waals surface area contributed by atoms with Crippen LogP contribution in [0.3, 0.4) is 0 Å². The minimum absolute atomic E-state index is 0.0195. The fourth-order valence-corrected chi connectivity index (χ4v) is 5.39. The number of nitrogens with zero attached hydrogens (tertiary/aromatic N) is 5. The summed E-state index contributed by atoms with van der Waals surface area (Å²) in [5, 5.41) is 12.8. The maximum atomic E-state index is 14.6. The van der Waals surface area contributed by atoms with Gasteiger partial charge in [-0.3, -0.25) is 9.78 Å². The van der Waals surface area contributed by atoms with Crippen molar-refractivity contribution in [1.82, 2.24) is 20.2 Å². The van der Waals surface area contributed by atoms with E-state index in [1.807, 2.05) is 19.1 Å². The molecule has 208 valence electrons. The summed E-state index contributed by atoms with van der Waals surface area (Å²) < 4.78 is 20.1. The smallest absolute Gasteiger partial charge is 0.253 e. The molecule has 5 rings (SSSR count). The highest BCUT2D eigenvalue weighted by Crippen LogP contribution is 2.41. The van der Waals surface area contributed by atoms with Gasteiger partial charge in [0.1, 0.15) is 11.6 Å². The lowest BCUT2D eigenvalue weighted by Crippen LogP contribution is -2.36. The Kier molecular flexibility index (Phi) is 8.25. The quantitative estimate of drug-likeness (QED) is 0.454. The van der Waals surface area contributed by atoms with Gasteiger partial charge in [-0.05, 0) is 49.6 Å². The van der Waals surface area contributed by atoms with Gasteiger partial charge in [0.2, 0.25) is 0 Å². The van der Waals surface area contributed by atoms with Gasteiger partial charge in [0, 0.05) is 63.1 Å². The van der Waals surface area contributed by atoms with Crippen LogP contribution in [0.5, 0.6) is 0 Å². The predicted octanol–water partition coefficient (Wildman–Crippen LogP) is 3.12. The standard InChI is InChI=1S/C29H37FN6O3/c1-19(18-37)31-16-20-6-7-22(30)15-26(20)36-8-4-5-25(36)23-13-21(29(38)34(2)3)14-24-28(23)33-27(17-32-24)35-9-11-39-12-10-35/h6-7,13-15,17,19,25,31,37H,4-5,8-12,16,18H2,1-3H3. The molecule has 0 aliphatic carbocycles. The van der Waals surface area contributed by atoms with Gasteiger partial charge in [-0.25, -0.2) is 9.37 Å². The van der Waals surface area contributed by atoms with E-state index < -0.39 is 0 Å². The number of anilines is 2. The van der Waals surface area contributed by atoms with Crippen molar-refractivity contribution in [2.45, 2.75) is 38.4 Å². The number of fused-ring (bicyclic) bond motifs is 1. The van der Waals surface area contributed by atoms with Crippen LogP contribution >= 0.6 is 0 Å². The molecule has 2 unspecified atom stereocenters. The second-order valence-corrected chi connectivity index (χ2v) is 10.5. The van der Waals surface area contributed by atoms with E-state index in [1.165, 1.54) is 6.07 Å². The van der Waals surface area contributed by atoms with Gasteiger partial charge in [-0.1, -0.05) is 6.07 Å². The normalized spacial score (nSPS) is 18.5. The summed E-state index contributed by atoms with van der Waals surface area (Å²) in [7, 11) is 3.47. The number of carbonyl (C=O) groups is 1. The van der Waals surface area contributed by atoms with Crippen LogP contribution in [0.2, 0.25) is 0 Å². The zero-order valence-electron chi connectivity index (χ0n) is 22.9. The lowest BCUT2D eigenvalue weighted by molar-refractivity contribution is 0.0827. The van der Waals surface area contributed by atoms with Crippen molar-refractivity contribution in [3.8, 4) is 0 Å². The third-order valence-corrected chi connectivity index (χ3v) is 7.54. The molecule has 3 aromatic rings. The molecule has 3 heterocycles. The molecular weight excluding hydrogens is 499 g/mol. The Balaban J connectivity index is 1.60. The zero-order chi connectivity index (χ0) is 27.5. The average molecular weight is 537 g/mol. The maximum Gasteiger partial charge on any atom is 0.253 e. The summed E-state index contributed by atoms with van der Waals surface area (Å²) in [5.41, 5.74) is 4.67. The average Bonchev–Trinajstić information content (AvgIpc) is 3.45. The van der Waals surface area contributed by atoms with Crippen molar-refractivity contribution in [3.05, 3.63) is 59.0 Å². The van der Waals surface area contributed by atoms with E-state index in [2.05, 4.69) is 15.1 Å². The molecule has 2 fully saturated rings. The second kappa shape index (κ2) is 11.8. The molecule has 2 aromatic carbocycles. The van der Waals surface area contributed by atoms with Crippen molar-refractivity contribution < 1.29 is 19.0 Å². The highest BCUT2D eigenvalue weighted by molar-refractivity contribution is 5.98. The van der Waals surface area contributed by atoms with Crippen molar-refractivity contribution >= 4 is 28.4 Å². The number of ether oxygens (including phenoxy) is 1. The van der Waals surface area contributed by atoms with Gasteiger partial charge in [-0.2, -0.15) is 0 Å². The molecule has 9 nitrogen and oxygen atoms in total. The number of morpholine rings is 1. The van der Waals surface area contributed by atoms with Crippen LogP contribution in [0.4, 0.5) is 15.9 Å². The first-order chi connectivity index (χ1) is 18.9. The van der Waals surface area contributed by atoms with E-state index in [9.17, 15) is 14.3 Å². The number of hydrogen-bond acceptors (Lipinski definition) is 8. The van der Waals surface area contributed by atoms with Gasteiger partial charge < -0.3 is 29.9 Å². The summed E-state index contributed by atoms with van der Waals surface area (Å²) in [6.07, 6.45) is 3.53. The zero-order valence-corrected chi connectivity index (χ0v) is 22.9. The van der Waals surface area contributed by atoms with E-state index in [1.54, 1.807) is 37.3 Å². The Hall–Kier alpha value is -3.34. The molecule has 2 saturated heterocycles. The summed E-state index contributed by atoms with van der Waals surface area (Å²) in [4.78, 5) is 28.8. The Morgan fingerprint density at radius 2 is 2.03 bits per heavy atom. The van der Waals surface area contributed by atoms with Gasteiger partial charge >= 0.3 is 0 Å². The van der Waals surface area contributed by atoms with Crippen molar-refractivity contribution in [1.29, 1.82) is 0 Å². The van der Waals surface area contributed by atoms with Crippen molar-refractivity contribution in [2.75, 3.05) is 63.4 Å². The molecule has 0 bridgehead atoms. The van der Waals surface area contributed by atoms with Gasteiger partial charge in [0.25, 0.3) is 5.91 Å². The first-order valence-electron chi connectivity index (χ1n) is 13.6. The Morgan fingerprint density at radius 1 is 1.23 bits per heavy atom. The highest BCUT2D eigenvalue weighted by Gasteiger charge is 2.31. The SMILES string of the molecule is CC(CO)NCc1ccc(F)cc1N1CCCC1c1cc(C(=O)N(C)C)cc2ncc(N3CCOCC3)nc12. The highest BCUT2D eigenvalue weighted by atomic mass is 19.1. The van der Waals surface area contributed by atoms with Crippen molar-refractivity contribution in [3.63, 3.8) is 0 Å². The molecule has 0 spiro atoms. The number of nitrogens with one attached hydrogen (secondary N) is 1. The number of aliphatic hydroxyl groups is 1. The monoisotopic (exact) mass is 536 g/mol. The number of hydrogen-bond donors (Lipinski definition) is 2. The topological polar surface area (TPSA) is 94.1 Å². The maximum absolute atomic E-state index is 14.6. The molecule has 39 heavy (non-hydrogen) atoms. The molecule has 2 atom stereocenters. The summed E-state index contributed by atoms with van der Waals surface area (Å²) in [6, 6.07) is 8.43. The summed E-state index contributed by atoms with van der Waals surface area (Å²) in [5.74, 6) is 0.387. The predicted molar refractivity (Wildman–Crippen MR) is 150 cm³/mol. The third kappa shape index (κ3) is 5.83. The fraction of sp³-hybridized carbons (Fsp3) is 0.483. The second-order valence-electron chi connectivity index (χ2n) is 10.5. The van der Waals surface area contributed by atoms with E-state index in [4.69, 9.17) is 14.7 Å². The number of benzene rings is 2. The van der Waals surface area contributed by atoms with Crippen LogP contribution < -0.4 is 15.1 Å². The lowest BCUT2D eigenvalue weighted by Gasteiger charge is -2.31. The fourth-order valence-electron chi connectivity index (χ4n) is 5.39.